The molecule has 2 aromatic heterocycles. The third kappa shape index (κ3) is 2.96. The number of carbonyl (C=O) groups is 1. The van der Waals surface area contributed by atoms with Crippen LogP contribution in [0.2, 0.25) is 0 Å². The van der Waals surface area contributed by atoms with Gasteiger partial charge in [-0.25, -0.2) is 4.98 Å². The first kappa shape index (κ1) is 14.9. The van der Waals surface area contributed by atoms with Crippen LogP contribution in [0.4, 0.5) is 0 Å². The summed E-state index contributed by atoms with van der Waals surface area (Å²) >= 11 is 3.15. The third-order valence-corrected chi connectivity index (χ3v) is 5.52. The second-order valence-electron chi connectivity index (χ2n) is 5.02. The van der Waals surface area contributed by atoms with Gasteiger partial charge in [-0.2, -0.15) is 0 Å². The largest absolute Gasteiger partial charge is 0.334 e. The molecule has 2 heterocycles. The molecule has 0 saturated carbocycles. The van der Waals surface area contributed by atoms with Gasteiger partial charge in [0.2, 0.25) is 0 Å². The molecule has 0 saturated heterocycles. The summed E-state index contributed by atoms with van der Waals surface area (Å²) in [4.78, 5) is 19.9. The molecule has 0 aliphatic rings. The maximum absolute atomic E-state index is 12.6. The van der Waals surface area contributed by atoms with Crippen molar-refractivity contribution in [3.8, 4) is 9.88 Å². The lowest BCUT2D eigenvalue weighted by molar-refractivity contribution is 0.0737. The van der Waals surface area contributed by atoms with Crippen LogP contribution in [-0.2, 0) is 0 Å². The normalized spacial score (nSPS) is 12.1. The number of benzene rings is 1. The molecule has 1 atom stereocenters. The summed E-state index contributed by atoms with van der Waals surface area (Å²) in [6.45, 7) is 2.03. The SMILES string of the molecule is C[C@H](c1ccccc1)N(C)C(=O)c1csc(-c2cccs2)n1. The molecule has 3 aromatic rings. The van der Waals surface area contributed by atoms with E-state index < -0.39 is 0 Å². The van der Waals surface area contributed by atoms with Crippen molar-refractivity contribution in [2.75, 3.05) is 7.05 Å². The molecule has 112 valence electrons. The summed E-state index contributed by atoms with van der Waals surface area (Å²) in [7, 11) is 1.82. The fourth-order valence-corrected chi connectivity index (χ4v) is 3.81. The number of amides is 1. The van der Waals surface area contributed by atoms with Gasteiger partial charge in [-0.15, -0.1) is 22.7 Å². The van der Waals surface area contributed by atoms with E-state index >= 15 is 0 Å². The number of thiazole rings is 1. The maximum Gasteiger partial charge on any atom is 0.273 e. The minimum atomic E-state index is -0.0459. The highest BCUT2D eigenvalue weighted by Gasteiger charge is 2.21. The molecule has 0 unspecified atom stereocenters. The first-order chi connectivity index (χ1) is 10.7. The molecular weight excluding hydrogens is 312 g/mol. The molecule has 0 bridgehead atoms. The first-order valence-electron chi connectivity index (χ1n) is 6.98. The van der Waals surface area contributed by atoms with Crippen molar-refractivity contribution in [2.45, 2.75) is 13.0 Å². The minimum absolute atomic E-state index is 0.0144. The fraction of sp³-hybridized carbons (Fsp3) is 0.176. The number of hydrogen-bond acceptors (Lipinski definition) is 4. The van der Waals surface area contributed by atoms with E-state index in [1.54, 1.807) is 16.2 Å². The number of carbonyl (C=O) groups excluding carboxylic acids is 1. The van der Waals surface area contributed by atoms with Crippen LogP contribution in [0.15, 0.2) is 53.2 Å². The summed E-state index contributed by atoms with van der Waals surface area (Å²) in [6.07, 6.45) is 0. The van der Waals surface area contributed by atoms with Gasteiger partial charge >= 0.3 is 0 Å². The van der Waals surface area contributed by atoms with E-state index in [2.05, 4.69) is 4.98 Å². The zero-order valence-electron chi connectivity index (χ0n) is 12.4. The molecule has 1 aromatic carbocycles. The number of aromatic nitrogens is 1. The van der Waals surface area contributed by atoms with E-state index in [9.17, 15) is 4.79 Å². The van der Waals surface area contributed by atoms with Crippen LogP contribution >= 0.6 is 22.7 Å². The summed E-state index contributed by atoms with van der Waals surface area (Å²) in [5.74, 6) is -0.0459. The van der Waals surface area contributed by atoms with Gasteiger partial charge in [-0.3, -0.25) is 4.79 Å². The van der Waals surface area contributed by atoms with Crippen LogP contribution in [0.5, 0.6) is 0 Å². The molecule has 3 nitrogen and oxygen atoms in total. The Balaban J connectivity index is 1.79. The van der Waals surface area contributed by atoms with Gasteiger partial charge in [0, 0.05) is 12.4 Å². The molecular formula is C17H16N2OS2. The van der Waals surface area contributed by atoms with Gasteiger partial charge in [0.1, 0.15) is 10.7 Å². The second-order valence-corrected chi connectivity index (χ2v) is 6.82. The molecule has 0 N–H and O–H groups in total. The van der Waals surface area contributed by atoms with E-state index in [4.69, 9.17) is 0 Å². The van der Waals surface area contributed by atoms with Crippen LogP contribution in [0.1, 0.15) is 29.0 Å². The highest BCUT2D eigenvalue weighted by molar-refractivity contribution is 7.20. The molecule has 5 heteroatoms. The summed E-state index contributed by atoms with van der Waals surface area (Å²) in [5.41, 5.74) is 1.63. The van der Waals surface area contributed by atoms with Crippen molar-refractivity contribution in [3.05, 3.63) is 64.5 Å². The smallest absolute Gasteiger partial charge is 0.273 e. The minimum Gasteiger partial charge on any atom is -0.334 e. The second kappa shape index (κ2) is 6.42. The quantitative estimate of drug-likeness (QED) is 0.695. The molecule has 22 heavy (non-hydrogen) atoms. The number of nitrogens with zero attached hydrogens (tertiary/aromatic N) is 2. The topological polar surface area (TPSA) is 33.2 Å². The highest BCUT2D eigenvalue weighted by Crippen LogP contribution is 2.29. The van der Waals surface area contributed by atoms with Crippen molar-refractivity contribution in [1.82, 2.24) is 9.88 Å². The lowest BCUT2D eigenvalue weighted by Gasteiger charge is -2.24. The average Bonchev–Trinajstić information content (AvgIpc) is 3.24. The van der Waals surface area contributed by atoms with E-state index in [-0.39, 0.29) is 11.9 Å². The van der Waals surface area contributed by atoms with Crippen LogP contribution in [0, 0.1) is 0 Å². The lowest BCUT2D eigenvalue weighted by Crippen LogP contribution is -2.29. The van der Waals surface area contributed by atoms with Gasteiger partial charge in [0.05, 0.1) is 10.9 Å². The Hall–Kier alpha value is -1.98. The van der Waals surface area contributed by atoms with Crippen molar-refractivity contribution in [3.63, 3.8) is 0 Å². The first-order valence-corrected chi connectivity index (χ1v) is 8.74. The van der Waals surface area contributed by atoms with Crippen LogP contribution in [0.25, 0.3) is 9.88 Å². The molecule has 0 spiro atoms. The Morgan fingerprint density at radius 2 is 1.91 bits per heavy atom. The number of hydrogen-bond donors (Lipinski definition) is 0. The van der Waals surface area contributed by atoms with Crippen molar-refractivity contribution in [1.29, 1.82) is 0 Å². The van der Waals surface area contributed by atoms with E-state index in [0.29, 0.717) is 5.69 Å². The van der Waals surface area contributed by atoms with Gasteiger partial charge in [0.15, 0.2) is 0 Å². The van der Waals surface area contributed by atoms with Crippen LogP contribution in [-0.4, -0.2) is 22.8 Å². The molecule has 1 amide bonds. The van der Waals surface area contributed by atoms with Gasteiger partial charge in [-0.05, 0) is 23.9 Å². The zero-order valence-corrected chi connectivity index (χ0v) is 14.0. The van der Waals surface area contributed by atoms with Crippen molar-refractivity contribution in [2.24, 2.45) is 0 Å². The van der Waals surface area contributed by atoms with E-state index in [1.807, 2.05) is 67.2 Å². The van der Waals surface area contributed by atoms with E-state index in [0.717, 1.165) is 15.4 Å². The third-order valence-electron chi connectivity index (χ3n) is 3.64. The summed E-state index contributed by atoms with van der Waals surface area (Å²) in [5, 5.41) is 4.76. The Morgan fingerprint density at radius 3 is 2.59 bits per heavy atom. The Morgan fingerprint density at radius 1 is 1.14 bits per heavy atom. The molecule has 0 aliphatic carbocycles. The zero-order chi connectivity index (χ0) is 15.5. The molecule has 0 aliphatic heterocycles. The summed E-state index contributed by atoms with van der Waals surface area (Å²) in [6, 6.07) is 14.1. The van der Waals surface area contributed by atoms with Gasteiger partial charge in [-0.1, -0.05) is 36.4 Å². The van der Waals surface area contributed by atoms with Crippen LogP contribution in [0.3, 0.4) is 0 Å². The number of rotatable bonds is 4. The maximum atomic E-state index is 12.6. The van der Waals surface area contributed by atoms with Crippen molar-refractivity contribution >= 4 is 28.6 Å². The Bertz CT molecular complexity index is 750. The Labute approximate surface area is 137 Å². The fourth-order valence-electron chi connectivity index (χ4n) is 2.20. The predicted octanol–water partition coefficient (Wildman–Crippen LogP) is 4.70. The number of thiophene rings is 1. The predicted molar refractivity (Wildman–Crippen MR) is 92.4 cm³/mol. The molecule has 0 fully saturated rings. The molecule has 3 rings (SSSR count). The summed E-state index contributed by atoms with van der Waals surface area (Å²) < 4.78 is 0. The Kier molecular flexibility index (Phi) is 4.36. The lowest BCUT2D eigenvalue weighted by atomic mass is 10.1. The average molecular weight is 328 g/mol. The monoisotopic (exact) mass is 328 g/mol. The van der Waals surface area contributed by atoms with E-state index in [1.165, 1.54) is 11.3 Å². The standard InChI is InChI=1S/C17H16N2OS2/c1-12(13-7-4-3-5-8-13)19(2)17(20)14-11-22-16(18-14)15-9-6-10-21-15/h3-12H,1-2H3/t12-/m1/s1. The van der Waals surface area contributed by atoms with Gasteiger partial charge in [0.25, 0.3) is 5.91 Å². The van der Waals surface area contributed by atoms with Crippen LogP contribution < -0.4 is 0 Å². The van der Waals surface area contributed by atoms with Crippen molar-refractivity contribution < 1.29 is 4.79 Å². The van der Waals surface area contributed by atoms with Gasteiger partial charge < -0.3 is 4.90 Å². The molecule has 0 radical (unpaired) electrons. The highest BCUT2D eigenvalue weighted by atomic mass is 32.1.